The predicted octanol–water partition coefficient (Wildman–Crippen LogP) is 2.56. The molecule has 1 aliphatic rings. The molecule has 7 heteroatoms. The molecule has 2 aromatic rings. The number of nitrogens with zero attached hydrogens (tertiary/aromatic N) is 1. The molecule has 1 aliphatic carbocycles. The summed E-state index contributed by atoms with van der Waals surface area (Å²) in [7, 11) is -3.88. The largest absolute Gasteiger partial charge is 0.345 e. The Bertz CT molecular complexity index is 921. The van der Waals surface area contributed by atoms with Crippen molar-refractivity contribution in [2.24, 2.45) is 10.6 Å². The Labute approximate surface area is 153 Å². The second-order valence-electron chi connectivity index (χ2n) is 7.52. The maximum Gasteiger partial charge on any atom is 0.255 e. The van der Waals surface area contributed by atoms with Crippen LogP contribution in [0.4, 0.5) is 0 Å². The third-order valence-corrected chi connectivity index (χ3v) is 5.68. The number of sulfonamides is 1. The van der Waals surface area contributed by atoms with Crippen molar-refractivity contribution in [3.63, 3.8) is 0 Å². The number of carbonyl (C=O) groups is 1. The standard InChI is InChI=1S/C19H23N3O3S/c1-19(2)10-9-13-5-3-4-6-15(13)16(11-19)22-18(23)14-7-8-17(21-12-14)26(20,24)25/h3-8,12,16H,9-11H2,1-2H3,(H,22,23)(H2,20,24,25). The summed E-state index contributed by atoms with van der Waals surface area (Å²) < 4.78 is 22.6. The third kappa shape index (κ3) is 4.11. The highest BCUT2D eigenvalue weighted by atomic mass is 32.2. The molecular formula is C19H23N3O3S. The first-order valence-corrected chi connectivity index (χ1v) is 10.1. The van der Waals surface area contributed by atoms with E-state index >= 15 is 0 Å². The zero-order valence-electron chi connectivity index (χ0n) is 14.9. The van der Waals surface area contributed by atoms with Crippen LogP contribution in [0.25, 0.3) is 0 Å². The molecule has 0 saturated carbocycles. The van der Waals surface area contributed by atoms with Crippen molar-refractivity contribution in [1.82, 2.24) is 10.3 Å². The summed E-state index contributed by atoms with van der Waals surface area (Å²) >= 11 is 0. The van der Waals surface area contributed by atoms with Crippen LogP contribution >= 0.6 is 0 Å². The van der Waals surface area contributed by atoms with Crippen molar-refractivity contribution in [2.75, 3.05) is 0 Å². The Morgan fingerprint density at radius 1 is 1.23 bits per heavy atom. The van der Waals surface area contributed by atoms with E-state index in [9.17, 15) is 13.2 Å². The van der Waals surface area contributed by atoms with Gasteiger partial charge in [-0.3, -0.25) is 4.79 Å². The molecule has 0 fully saturated rings. The molecule has 1 aromatic carbocycles. The Morgan fingerprint density at radius 2 is 1.96 bits per heavy atom. The lowest BCUT2D eigenvalue weighted by atomic mass is 9.83. The summed E-state index contributed by atoms with van der Waals surface area (Å²) in [6.45, 7) is 4.42. The van der Waals surface area contributed by atoms with Gasteiger partial charge >= 0.3 is 0 Å². The average molecular weight is 373 g/mol. The van der Waals surface area contributed by atoms with Crippen molar-refractivity contribution in [3.05, 3.63) is 59.3 Å². The van der Waals surface area contributed by atoms with E-state index in [-0.39, 0.29) is 22.4 Å². The normalized spacial score (nSPS) is 19.3. The second-order valence-corrected chi connectivity index (χ2v) is 9.03. The lowest BCUT2D eigenvalue weighted by molar-refractivity contribution is 0.0924. The van der Waals surface area contributed by atoms with Gasteiger partial charge in [-0.25, -0.2) is 18.5 Å². The average Bonchev–Trinajstić information content (AvgIpc) is 2.71. The molecule has 3 N–H and O–H groups in total. The van der Waals surface area contributed by atoms with Crippen LogP contribution in [-0.2, 0) is 16.4 Å². The van der Waals surface area contributed by atoms with Crippen LogP contribution in [0.3, 0.4) is 0 Å². The lowest BCUT2D eigenvalue weighted by Gasteiger charge is -2.27. The van der Waals surface area contributed by atoms with E-state index < -0.39 is 10.0 Å². The van der Waals surface area contributed by atoms with E-state index in [1.165, 1.54) is 23.9 Å². The fourth-order valence-corrected chi connectivity index (χ4v) is 3.85. The molecule has 0 bridgehead atoms. The van der Waals surface area contributed by atoms with Crippen molar-refractivity contribution < 1.29 is 13.2 Å². The summed E-state index contributed by atoms with van der Waals surface area (Å²) in [5.74, 6) is -0.282. The molecule has 26 heavy (non-hydrogen) atoms. The Hall–Kier alpha value is -2.25. The highest BCUT2D eigenvalue weighted by molar-refractivity contribution is 7.89. The summed E-state index contributed by atoms with van der Waals surface area (Å²) in [5, 5.41) is 7.87. The highest BCUT2D eigenvalue weighted by Crippen LogP contribution is 2.39. The van der Waals surface area contributed by atoms with Crippen molar-refractivity contribution in [2.45, 2.75) is 44.2 Å². The number of fused-ring (bicyclic) bond motifs is 1. The van der Waals surface area contributed by atoms with Gasteiger partial charge in [0.2, 0.25) is 0 Å². The van der Waals surface area contributed by atoms with E-state index in [2.05, 4.69) is 36.3 Å². The second kappa shape index (κ2) is 6.81. The SMILES string of the molecule is CC1(C)CCc2ccccc2C(NC(=O)c2ccc(S(N)(=O)=O)nc2)C1. The molecule has 0 aliphatic heterocycles. The quantitative estimate of drug-likeness (QED) is 0.807. The number of amides is 1. The molecule has 0 saturated heterocycles. The van der Waals surface area contributed by atoms with Crippen LogP contribution in [0.2, 0.25) is 0 Å². The minimum absolute atomic E-state index is 0.103. The predicted molar refractivity (Wildman–Crippen MR) is 99.0 cm³/mol. The van der Waals surface area contributed by atoms with Crippen LogP contribution in [-0.4, -0.2) is 19.3 Å². The van der Waals surface area contributed by atoms with E-state index in [4.69, 9.17) is 5.14 Å². The zero-order chi connectivity index (χ0) is 18.9. The zero-order valence-corrected chi connectivity index (χ0v) is 15.7. The van der Waals surface area contributed by atoms with Crippen molar-refractivity contribution >= 4 is 15.9 Å². The first-order chi connectivity index (χ1) is 12.2. The number of hydrogen-bond acceptors (Lipinski definition) is 4. The van der Waals surface area contributed by atoms with Crippen LogP contribution in [0.15, 0.2) is 47.6 Å². The molecule has 1 heterocycles. The number of hydrogen-bond donors (Lipinski definition) is 2. The van der Waals surface area contributed by atoms with Gasteiger partial charge in [-0.2, -0.15) is 0 Å². The Morgan fingerprint density at radius 3 is 2.62 bits per heavy atom. The van der Waals surface area contributed by atoms with Crippen LogP contribution < -0.4 is 10.5 Å². The van der Waals surface area contributed by atoms with Crippen LogP contribution in [0.1, 0.15) is 54.2 Å². The first kappa shape index (κ1) is 18.5. The van der Waals surface area contributed by atoms with Gasteiger partial charge in [-0.05, 0) is 47.9 Å². The monoisotopic (exact) mass is 373 g/mol. The highest BCUT2D eigenvalue weighted by Gasteiger charge is 2.30. The van der Waals surface area contributed by atoms with Crippen molar-refractivity contribution in [3.8, 4) is 0 Å². The van der Waals surface area contributed by atoms with E-state index in [1.807, 2.05) is 12.1 Å². The minimum Gasteiger partial charge on any atom is -0.345 e. The van der Waals surface area contributed by atoms with E-state index in [1.54, 1.807) is 0 Å². The molecule has 1 atom stereocenters. The molecule has 1 aromatic heterocycles. The molecule has 0 radical (unpaired) electrons. The topological polar surface area (TPSA) is 102 Å². The van der Waals surface area contributed by atoms with Gasteiger partial charge in [-0.15, -0.1) is 0 Å². The van der Waals surface area contributed by atoms with Gasteiger partial charge in [0.15, 0.2) is 5.03 Å². The number of carbonyl (C=O) groups excluding carboxylic acids is 1. The summed E-state index contributed by atoms with van der Waals surface area (Å²) in [5.41, 5.74) is 2.80. The Kier molecular flexibility index (Phi) is 4.86. The number of benzene rings is 1. The molecule has 3 rings (SSSR count). The van der Waals surface area contributed by atoms with Gasteiger partial charge in [0.05, 0.1) is 11.6 Å². The van der Waals surface area contributed by atoms with Crippen LogP contribution in [0.5, 0.6) is 0 Å². The molecule has 0 spiro atoms. The first-order valence-electron chi connectivity index (χ1n) is 8.53. The molecule has 138 valence electrons. The maximum absolute atomic E-state index is 12.7. The maximum atomic E-state index is 12.7. The summed E-state index contributed by atoms with van der Waals surface area (Å²) in [4.78, 5) is 16.5. The number of aryl methyl sites for hydroxylation is 1. The number of nitrogens with two attached hydrogens (primary N) is 1. The fraction of sp³-hybridized carbons (Fsp3) is 0.368. The third-order valence-electron chi connectivity index (χ3n) is 4.85. The number of aromatic nitrogens is 1. The molecule has 1 unspecified atom stereocenters. The van der Waals surface area contributed by atoms with E-state index in [0.717, 1.165) is 24.8 Å². The fourth-order valence-electron chi connectivity index (χ4n) is 3.39. The number of nitrogens with one attached hydrogen (secondary N) is 1. The van der Waals surface area contributed by atoms with Gasteiger partial charge in [0.25, 0.3) is 15.9 Å². The molecule has 1 amide bonds. The van der Waals surface area contributed by atoms with Crippen molar-refractivity contribution in [1.29, 1.82) is 0 Å². The molecular weight excluding hydrogens is 350 g/mol. The van der Waals surface area contributed by atoms with E-state index in [0.29, 0.717) is 5.56 Å². The summed E-state index contributed by atoms with van der Waals surface area (Å²) in [6, 6.07) is 10.7. The minimum atomic E-state index is -3.88. The molecule has 6 nitrogen and oxygen atoms in total. The van der Waals surface area contributed by atoms with Gasteiger partial charge in [0.1, 0.15) is 0 Å². The van der Waals surface area contributed by atoms with Crippen LogP contribution in [0, 0.1) is 5.41 Å². The lowest BCUT2D eigenvalue weighted by Crippen LogP contribution is -2.31. The smallest absolute Gasteiger partial charge is 0.255 e. The van der Waals surface area contributed by atoms with Gasteiger partial charge in [-0.1, -0.05) is 38.1 Å². The van der Waals surface area contributed by atoms with Gasteiger partial charge in [0, 0.05) is 6.20 Å². The Balaban J connectivity index is 1.85. The number of rotatable bonds is 3. The number of primary sulfonamides is 1. The van der Waals surface area contributed by atoms with Gasteiger partial charge < -0.3 is 5.32 Å². The summed E-state index contributed by atoms with van der Waals surface area (Å²) in [6.07, 6.45) is 4.11. The number of pyridine rings is 1.